The Hall–Kier alpha value is -3.77. The molecule has 5 rings (SSSR count). The predicted molar refractivity (Wildman–Crippen MR) is 129 cm³/mol. The standard InChI is InChI=1S/C24H20F3N5O3S/c1-13-4-6-15-18(10-13)32(8-9-34-3)21(28-15)17-12-31(2)20(29-17)14-5-7-19-16(11-14)30-23(36-19)35-22(33)24(25,26)27/h4-7,10-12H,8-9H2,1-3H3. The molecule has 12 heteroatoms. The Balaban J connectivity index is 1.52. The minimum Gasteiger partial charge on any atom is -0.391 e. The minimum atomic E-state index is -5.09. The van der Waals surface area contributed by atoms with Crippen molar-refractivity contribution >= 4 is 38.6 Å². The number of benzene rings is 2. The smallest absolute Gasteiger partial charge is 0.391 e. The maximum absolute atomic E-state index is 12.5. The fourth-order valence-corrected chi connectivity index (χ4v) is 4.70. The summed E-state index contributed by atoms with van der Waals surface area (Å²) in [5.74, 6) is -0.983. The first kappa shape index (κ1) is 23.9. The molecule has 0 N–H and O–H groups in total. The number of nitrogens with zero attached hydrogens (tertiary/aromatic N) is 5. The largest absolute Gasteiger partial charge is 0.491 e. The highest BCUT2D eigenvalue weighted by Crippen LogP contribution is 2.33. The number of carbonyl (C=O) groups is 1. The van der Waals surface area contributed by atoms with E-state index in [4.69, 9.17) is 14.7 Å². The second kappa shape index (κ2) is 9.03. The predicted octanol–water partition coefficient (Wildman–Crippen LogP) is 5.14. The van der Waals surface area contributed by atoms with Crippen molar-refractivity contribution in [3.63, 3.8) is 0 Å². The SMILES string of the molecule is COCCn1c(-c2cn(C)c(-c3ccc4sc(OC(=O)C(F)(F)F)nc4c3)n2)nc2ccc(C)cc21. The molecule has 8 nitrogen and oxygen atoms in total. The van der Waals surface area contributed by atoms with Gasteiger partial charge in [0.2, 0.25) is 0 Å². The van der Waals surface area contributed by atoms with Gasteiger partial charge in [0.1, 0.15) is 11.5 Å². The van der Waals surface area contributed by atoms with Gasteiger partial charge >= 0.3 is 12.1 Å². The number of fused-ring (bicyclic) bond motifs is 2. The van der Waals surface area contributed by atoms with Gasteiger partial charge in [-0.15, -0.1) is 0 Å². The van der Waals surface area contributed by atoms with Crippen molar-refractivity contribution < 1.29 is 27.4 Å². The van der Waals surface area contributed by atoms with E-state index in [1.807, 2.05) is 36.9 Å². The van der Waals surface area contributed by atoms with Crippen LogP contribution in [-0.4, -0.2) is 49.9 Å². The Morgan fingerprint density at radius 1 is 1.06 bits per heavy atom. The zero-order chi connectivity index (χ0) is 25.6. The molecule has 36 heavy (non-hydrogen) atoms. The van der Waals surface area contributed by atoms with Gasteiger partial charge in [0.25, 0.3) is 5.19 Å². The van der Waals surface area contributed by atoms with Gasteiger partial charge in [0, 0.05) is 32.5 Å². The van der Waals surface area contributed by atoms with Gasteiger partial charge < -0.3 is 18.6 Å². The Kier molecular flexibility index (Phi) is 6.00. The van der Waals surface area contributed by atoms with Gasteiger partial charge in [0.05, 0.1) is 27.9 Å². The lowest BCUT2D eigenvalue weighted by molar-refractivity contribution is -0.189. The maximum Gasteiger partial charge on any atom is 0.491 e. The molecule has 0 fully saturated rings. The van der Waals surface area contributed by atoms with Crippen LogP contribution in [0.5, 0.6) is 5.19 Å². The molecule has 0 aliphatic rings. The first-order valence-electron chi connectivity index (χ1n) is 10.8. The number of carbonyl (C=O) groups excluding carboxylic acids is 1. The van der Waals surface area contributed by atoms with Crippen LogP contribution in [0.25, 0.3) is 44.2 Å². The van der Waals surface area contributed by atoms with Crippen molar-refractivity contribution in [2.75, 3.05) is 13.7 Å². The highest BCUT2D eigenvalue weighted by atomic mass is 32.1. The summed E-state index contributed by atoms with van der Waals surface area (Å²) >= 11 is 0.858. The molecule has 0 aliphatic carbocycles. The Morgan fingerprint density at radius 2 is 1.86 bits per heavy atom. The summed E-state index contributed by atoms with van der Waals surface area (Å²) < 4.78 is 51.7. The number of aryl methyl sites for hydroxylation is 2. The third-order valence-corrected chi connectivity index (χ3v) is 6.48. The molecule has 3 heterocycles. The normalized spacial score (nSPS) is 12.1. The minimum absolute atomic E-state index is 0.368. The average Bonchev–Trinajstić information content (AvgIpc) is 3.50. The number of hydrogen-bond donors (Lipinski definition) is 0. The molecule has 0 radical (unpaired) electrons. The number of hydrogen-bond acceptors (Lipinski definition) is 7. The van der Waals surface area contributed by atoms with Crippen LogP contribution in [0.3, 0.4) is 0 Å². The highest BCUT2D eigenvalue weighted by Gasteiger charge is 2.42. The summed E-state index contributed by atoms with van der Waals surface area (Å²) in [7, 11) is 3.49. The van der Waals surface area contributed by atoms with E-state index >= 15 is 0 Å². The van der Waals surface area contributed by atoms with Crippen LogP contribution in [0, 0.1) is 6.92 Å². The number of alkyl halides is 3. The monoisotopic (exact) mass is 515 g/mol. The molecule has 0 bridgehead atoms. The van der Waals surface area contributed by atoms with Gasteiger partial charge in [-0.25, -0.2) is 19.7 Å². The summed E-state index contributed by atoms with van der Waals surface area (Å²) in [5.41, 5.74) is 4.71. The number of aromatic nitrogens is 5. The summed E-state index contributed by atoms with van der Waals surface area (Å²) in [6.45, 7) is 3.13. The summed E-state index contributed by atoms with van der Waals surface area (Å²) in [4.78, 5) is 24.8. The molecule has 0 amide bonds. The lowest BCUT2D eigenvalue weighted by Gasteiger charge is -2.07. The number of thiazole rings is 1. The number of imidazole rings is 2. The fourth-order valence-electron chi connectivity index (χ4n) is 3.91. The van der Waals surface area contributed by atoms with E-state index in [1.165, 1.54) is 0 Å². The van der Waals surface area contributed by atoms with E-state index in [1.54, 1.807) is 25.3 Å². The molecule has 3 aromatic heterocycles. The zero-order valence-corrected chi connectivity index (χ0v) is 20.3. The number of esters is 1. The molecule has 0 saturated heterocycles. The van der Waals surface area contributed by atoms with Crippen LogP contribution >= 0.6 is 11.3 Å². The number of methoxy groups -OCH3 is 1. The summed E-state index contributed by atoms with van der Waals surface area (Å²) in [5, 5.41) is -0.368. The van der Waals surface area contributed by atoms with Gasteiger partial charge in [-0.3, -0.25) is 0 Å². The average molecular weight is 516 g/mol. The van der Waals surface area contributed by atoms with Gasteiger partial charge in [-0.05, 0) is 42.8 Å². The van der Waals surface area contributed by atoms with Crippen LogP contribution in [-0.2, 0) is 23.1 Å². The number of ether oxygens (including phenoxy) is 2. The van der Waals surface area contributed by atoms with Crippen LogP contribution in [0.1, 0.15) is 5.56 Å². The van der Waals surface area contributed by atoms with Gasteiger partial charge in [-0.1, -0.05) is 17.4 Å². The van der Waals surface area contributed by atoms with Gasteiger partial charge in [0.15, 0.2) is 5.82 Å². The van der Waals surface area contributed by atoms with Crippen molar-refractivity contribution in [2.45, 2.75) is 19.6 Å². The van der Waals surface area contributed by atoms with Crippen molar-refractivity contribution in [1.82, 2.24) is 24.1 Å². The highest BCUT2D eigenvalue weighted by molar-refractivity contribution is 7.20. The Morgan fingerprint density at radius 3 is 2.61 bits per heavy atom. The molecule has 0 spiro atoms. The summed E-state index contributed by atoms with van der Waals surface area (Å²) in [6, 6.07) is 11.2. The molecule has 0 saturated carbocycles. The Labute approximate surface area is 206 Å². The van der Waals surface area contributed by atoms with Crippen LogP contribution in [0.2, 0.25) is 0 Å². The second-order valence-corrected chi connectivity index (χ2v) is 9.18. The fraction of sp³-hybridized carbons (Fsp3) is 0.250. The van der Waals surface area contributed by atoms with E-state index in [0.29, 0.717) is 46.3 Å². The summed E-state index contributed by atoms with van der Waals surface area (Å²) in [6.07, 6.45) is -3.22. The van der Waals surface area contributed by atoms with Crippen LogP contribution in [0.15, 0.2) is 42.6 Å². The van der Waals surface area contributed by atoms with Crippen molar-refractivity contribution in [3.05, 3.63) is 48.2 Å². The zero-order valence-electron chi connectivity index (χ0n) is 19.5. The second-order valence-electron chi connectivity index (χ2n) is 8.18. The van der Waals surface area contributed by atoms with E-state index in [-0.39, 0.29) is 5.19 Å². The maximum atomic E-state index is 12.5. The van der Waals surface area contributed by atoms with Crippen LogP contribution < -0.4 is 4.74 Å². The quantitative estimate of drug-likeness (QED) is 0.292. The van der Waals surface area contributed by atoms with Crippen molar-refractivity contribution in [2.24, 2.45) is 7.05 Å². The molecule has 5 aromatic rings. The number of halogens is 3. The molecule has 0 atom stereocenters. The van der Waals surface area contributed by atoms with E-state index in [9.17, 15) is 18.0 Å². The lowest BCUT2D eigenvalue weighted by Crippen LogP contribution is -2.27. The van der Waals surface area contributed by atoms with E-state index in [2.05, 4.69) is 20.4 Å². The van der Waals surface area contributed by atoms with Gasteiger partial charge in [-0.2, -0.15) is 13.2 Å². The first-order valence-corrected chi connectivity index (χ1v) is 11.6. The molecule has 0 unspecified atom stereocenters. The third-order valence-electron chi connectivity index (χ3n) is 5.57. The van der Waals surface area contributed by atoms with E-state index in [0.717, 1.165) is 27.9 Å². The molecule has 2 aromatic carbocycles. The molecular weight excluding hydrogens is 495 g/mol. The molecule has 186 valence electrons. The van der Waals surface area contributed by atoms with Crippen LogP contribution in [0.4, 0.5) is 13.2 Å². The number of rotatable bonds is 6. The lowest BCUT2D eigenvalue weighted by atomic mass is 10.2. The third kappa shape index (κ3) is 4.44. The molecular formula is C24H20F3N5O3S. The van der Waals surface area contributed by atoms with Crippen molar-refractivity contribution in [1.29, 1.82) is 0 Å². The van der Waals surface area contributed by atoms with Crippen molar-refractivity contribution in [3.8, 4) is 28.1 Å². The van der Waals surface area contributed by atoms with E-state index < -0.39 is 12.1 Å². The first-order chi connectivity index (χ1) is 17.1. The Bertz CT molecular complexity index is 1600. The molecule has 0 aliphatic heterocycles. The topological polar surface area (TPSA) is 84.1 Å².